The largest absolute Gasteiger partial charge is 0.368 e. The molecule has 17 heavy (non-hydrogen) atoms. The van der Waals surface area contributed by atoms with E-state index in [1.54, 1.807) is 6.20 Å². The van der Waals surface area contributed by atoms with Gasteiger partial charge in [-0.25, -0.2) is 9.97 Å². The van der Waals surface area contributed by atoms with Gasteiger partial charge in [0.2, 0.25) is 5.95 Å². The summed E-state index contributed by atoms with van der Waals surface area (Å²) in [5.41, 5.74) is 6.56. The molecule has 0 aliphatic heterocycles. The minimum Gasteiger partial charge on any atom is -0.368 e. The van der Waals surface area contributed by atoms with E-state index < -0.39 is 0 Å². The molecule has 0 aliphatic rings. The van der Waals surface area contributed by atoms with E-state index in [4.69, 9.17) is 5.73 Å². The second-order valence-corrected chi connectivity index (χ2v) is 3.77. The molecule has 0 spiro atoms. The number of benzene rings is 1. The van der Waals surface area contributed by atoms with Gasteiger partial charge in [0.05, 0.1) is 5.52 Å². The third-order valence-corrected chi connectivity index (χ3v) is 2.65. The van der Waals surface area contributed by atoms with Crippen LogP contribution in [-0.4, -0.2) is 19.5 Å². The number of nitrogen functional groups attached to an aromatic ring is 1. The van der Waals surface area contributed by atoms with E-state index in [-0.39, 0.29) is 5.95 Å². The molecule has 5 nitrogen and oxygen atoms in total. The fraction of sp³-hybridized carbons (Fsp3) is 0.0833. The summed E-state index contributed by atoms with van der Waals surface area (Å²) in [5.74, 6) is 1.91. The summed E-state index contributed by atoms with van der Waals surface area (Å²) in [4.78, 5) is 12.7. The van der Waals surface area contributed by atoms with Crippen molar-refractivity contribution in [2.24, 2.45) is 0 Å². The average molecular weight is 225 g/mol. The molecular formula is C12H11N5. The number of anilines is 1. The van der Waals surface area contributed by atoms with Crippen LogP contribution in [0.15, 0.2) is 36.7 Å². The fourth-order valence-corrected chi connectivity index (χ4v) is 1.86. The summed E-state index contributed by atoms with van der Waals surface area (Å²) in [7, 11) is 0. The maximum absolute atomic E-state index is 5.72. The predicted molar refractivity (Wildman–Crippen MR) is 65.8 cm³/mol. The fourth-order valence-electron chi connectivity index (χ4n) is 1.86. The molecule has 0 bridgehead atoms. The lowest BCUT2D eigenvalue weighted by Gasteiger charge is -2.08. The summed E-state index contributed by atoms with van der Waals surface area (Å²) in [5, 5.41) is 0.961. The highest BCUT2D eigenvalue weighted by atomic mass is 15.2. The van der Waals surface area contributed by atoms with Crippen LogP contribution in [0.4, 0.5) is 5.95 Å². The van der Waals surface area contributed by atoms with E-state index in [1.165, 1.54) is 0 Å². The molecule has 2 N–H and O–H groups in total. The quantitative estimate of drug-likeness (QED) is 0.684. The zero-order valence-corrected chi connectivity index (χ0v) is 9.33. The first-order valence-electron chi connectivity index (χ1n) is 5.28. The summed E-state index contributed by atoms with van der Waals surface area (Å²) in [6.45, 7) is 1.92. The van der Waals surface area contributed by atoms with Gasteiger partial charge in [-0.3, -0.25) is 4.57 Å². The molecule has 1 aromatic carbocycles. The van der Waals surface area contributed by atoms with Crippen LogP contribution < -0.4 is 5.73 Å². The van der Waals surface area contributed by atoms with Crippen LogP contribution in [0, 0.1) is 6.92 Å². The normalized spacial score (nSPS) is 10.9. The van der Waals surface area contributed by atoms with Gasteiger partial charge >= 0.3 is 0 Å². The van der Waals surface area contributed by atoms with Crippen LogP contribution in [0.2, 0.25) is 0 Å². The lowest BCUT2D eigenvalue weighted by atomic mass is 10.2. The Morgan fingerprint density at radius 1 is 1.18 bits per heavy atom. The number of hydrogen-bond donors (Lipinski definition) is 1. The van der Waals surface area contributed by atoms with Crippen molar-refractivity contribution < 1.29 is 0 Å². The van der Waals surface area contributed by atoms with Crippen LogP contribution in [-0.2, 0) is 0 Å². The molecule has 5 heteroatoms. The van der Waals surface area contributed by atoms with Crippen LogP contribution >= 0.6 is 0 Å². The molecule has 3 aromatic rings. The number of aryl methyl sites for hydroxylation is 1. The second-order valence-electron chi connectivity index (χ2n) is 3.77. The second kappa shape index (κ2) is 3.55. The predicted octanol–water partition coefficient (Wildman–Crippen LogP) is 1.71. The van der Waals surface area contributed by atoms with Crippen molar-refractivity contribution in [1.29, 1.82) is 0 Å². The van der Waals surface area contributed by atoms with Crippen LogP contribution in [0.1, 0.15) is 5.82 Å². The van der Waals surface area contributed by atoms with E-state index in [0.29, 0.717) is 0 Å². The number of rotatable bonds is 1. The summed E-state index contributed by atoms with van der Waals surface area (Å²) in [6.07, 6.45) is 3.60. The van der Waals surface area contributed by atoms with Crippen molar-refractivity contribution in [1.82, 2.24) is 19.5 Å². The van der Waals surface area contributed by atoms with Crippen molar-refractivity contribution >= 4 is 16.9 Å². The first-order chi connectivity index (χ1) is 8.25. The van der Waals surface area contributed by atoms with Gasteiger partial charge in [0.25, 0.3) is 0 Å². The topological polar surface area (TPSA) is 69.6 Å². The van der Waals surface area contributed by atoms with Gasteiger partial charge in [0.15, 0.2) is 5.82 Å². The van der Waals surface area contributed by atoms with Gasteiger partial charge in [-0.05, 0) is 19.1 Å². The number of para-hydroxylation sites is 1. The number of fused-ring (bicyclic) bond motifs is 1. The lowest BCUT2D eigenvalue weighted by Crippen LogP contribution is -2.04. The molecule has 2 aromatic heterocycles. The van der Waals surface area contributed by atoms with Gasteiger partial charge in [0, 0.05) is 17.8 Å². The highest BCUT2D eigenvalue weighted by molar-refractivity contribution is 5.86. The van der Waals surface area contributed by atoms with Crippen molar-refractivity contribution in [3.05, 3.63) is 42.5 Å². The molecule has 0 aliphatic carbocycles. The van der Waals surface area contributed by atoms with Gasteiger partial charge in [-0.15, -0.1) is 0 Å². The summed E-state index contributed by atoms with van der Waals surface area (Å²) >= 11 is 0. The monoisotopic (exact) mass is 225 g/mol. The van der Waals surface area contributed by atoms with E-state index in [9.17, 15) is 0 Å². The molecule has 2 heterocycles. The smallest absolute Gasteiger partial charge is 0.222 e. The zero-order valence-electron chi connectivity index (χ0n) is 9.33. The van der Waals surface area contributed by atoms with Crippen LogP contribution in [0.5, 0.6) is 0 Å². The van der Waals surface area contributed by atoms with Crippen molar-refractivity contribution in [3.8, 4) is 5.82 Å². The first kappa shape index (κ1) is 9.77. The molecule has 0 unspecified atom stereocenters. The number of imidazole rings is 1. The van der Waals surface area contributed by atoms with Gasteiger partial charge in [-0.2, -0.15) is 4.98 Å². The lowest BCUT2D eigenvalue weighted by molar-refractivity contribution is 0.939. The van der Waals surface area contributed by atoms with E-state index in [1.807, 2.05) is 42.0 Å². The summed E-state index contributed by atoms with van der Waals surface area (Å²) in [6, 6.07) is 7.78. The maximum Gasteiger partial charge on any atom is 0.222 e. The SMILES string of the molecule is Cc1nccn1-c1nc(N)nc2ccccc12. The molecule has 0 fully saturated rings. The Kier molecular flexibility index (Phi) is 2.04. The molecule has 0 saturated carbocycles. The average Bonchev–Trinajstić information content (AvgIpc) is 2.74. The molecule has 0 atom stereocenters. The Morgan fingerprint density at radius 2 is 2.00 bits per heavy atom. The maximum atomic E-state index is 5.72. The Labute approximate surface area is 98.0 Å². The molecule has 0 radical (unpaired) electrons. The van der Waals surface area contributed by atoms with Crippen molar-refractivity contribution in [2.75, 3.05) is 5.73 Å². The Balaban J connectivity index is 2.39. The Bertz CT molecular complexity index is 686. The number of aromatic nitrogens is 4. The van der Waals surface area contributed by atoms with Crippen molar-refractivity contribution in [3.63, 3.8) is 0 Å². The highest BCUT2D eigenvalue weighted by Gasteiger charge is 2.09. The number of nitrogens with two attached hydrogens (primary N) is 1. The standard InChI is InChI=1S/C12H11N5/c1-8-14-6-7-17(8)11-9-4-2-3-5-10(9)15-12(13)16-11/h2-7H,1H3,(H2,13,15,16). The minimum absolute atomic E-state index is 0.270. The van der Waals surface area contributed by atoms with Gasteiger partial charge in [0.1, 0.15) is 5.82 Å². The Morgan fingerprint density at radius 3 is 2.76 bits per heavy atom. The number of nitrogens with zero attached hydrogens (tertiary/aromatic N) is 4. The van der Waals surface area contributed by atoms with Gasteiger partial charge < -0.3 is 5.73 Å². The van der Waals surface area contributed by atoms with E-state index in [2.05, 4.69) is 15.0 Å². The number of hydrogen-bond acceptors (Lipinski definition) is 4. The summed E-state index contributed by atoms with van der Waals surface area (Å²) < 4.78 is 1.90. The zero-order chi connectivity index (χ0) is 11.8. The third kappa shape index (κ3) is 1.52. The van der Waals surface area contributed by atoms with E-state index in [0.717, 1.165) is 22.5 Å². The highest BCUT2D eigenvalue weighted by Crippen LogP contribution is 2.20. The molecular weight excluding hydrogens is 214 g/mol. The minimum atomic E-state index is 0.270. The molecule has 0 saturated heterocycles. The van der Waals surface area contributed by atoms with Crippen LogP contribution in [0.3, 0.4) is 0 Å². The van der Waals surface area contributed by atoms with Crippen LogP contribution in [0.25, 0.3) is 16.7 Å². The van der Waals surface area contributed by atoms with Gasteiger partial charge in [-0.1, -0.05) is 12.1 Å². The molecule has 84 valence electrons. The molecule has 3 rings (SSSR count). The molecule has 0 amide bonds. The van der Waals surface area contributed by atoms with Crippen molar-refractivity contribution in [2.45, 2.75) is 6.92 Å². The first-order valence-corrected chi connectivity index (χ1v) is 5.28. The Hall–Kier alpha value is -2.43. The van der Waals surface area contributed by atoms with E-state index >= 15 is 0 Å². The third-order valence-electron chi connectivity index (χ3n) is 2.65.